The average Bonchev–Trinajstić information content (AvgIpc) is 2.28. The lowest BCUT2D eigenvalue weighted by Gasteiger charge is -2.20. The zero-order valence-corrected chi connectivity index (χ0v) is 10.9. The van der Waals surface area contributed by atoms with Crippen molar-refractivity contribution in [1.29, 1.82) is 0 Å². The molecule has 0 rings (SSSR count). The summed E-state index contributed by atoms with van der Waals surface area (Å²) in [6.45, 7) is 5.72. The molecule has 0 bridgehead atoms. The fraction of sp³-hybridized carbons (Fsp3) is 0.909. The van der Waals surface area contributed by atoms with E-state index >= 15 is 0 Å². The summed E-state index contributed by atoms with van der Waals surface area (Å²) in [5.74, 6) is 0.125. The van der Waals surface area contributed by atoms with Gasteiger partial charge in [0.25, 0.3) is 0 Å². The molecule has 0 radical (unpaired) electrons. The van der Waals surface area contributed by atoms with Crippen molar-refractivity contribution in [2.45, 2.75) is 6.92 Å². The number of nitrogens with zero attached hydrogens (tertiary/aromatic N) is 2. The molecule has 0 aromatic rings. The molecule has 0 atom stereocenters. The summed E-state index contributed by atoms with van der Waals surface area (Å²) >= 11 is 0. The molecule has 0 N–H and O–H groups in total. The summed E-state index contributed by atoms with van der Waals surface area (Å²) in [6, 6.07) is 0. The Labute approximate surface area is 98.3 Å². The molecule has 96 valence electrons. The van der Waals surface area contributed by atoms with Crippen molar-refractivity contribution in [3.8, 4) is 0 Å². The second kappa shape index (κ2) is 9.57. The molecular weight excluding hydrogens is 208 g/mol. The molecule has 0 aliphatic carbocycles. The van der Waals surface area contributed by atoms with E-state index < -0.39 is 0 Å². The maximum atomic E-state index is 11.6. The molecule has 16 heavy (non-hydrogen) atoms. The van der Waals surface area contributed by atoms with Gasteiger partial charge >= 0.3 is 0 Å². The van der Waals surface area contributed by atoms with Gasteiger partial charge in [-0.05, 0) is 13.6 Å². The van der Waals surface area contributed by atoms with Gasteiger partial charge in [-0.3, -0.25) is 9.69 Å². The molecule has 0 aliphatic heterocycles. The number of hydrogen-bond acceptors (Lipinski definition) is 4. The minimum Gasteiger partial charge on any atom is -0.382 e. The van der Waals surface area contributed by atoms with Crippen LogP contribution < -0.4 is 0 Å². The highest BCUT2D eigenvalue weighted by Gasteiger charge is 2.09. The first kappa shape index (κ1) is 15.3. The van der Waals surface area contributed by atoms with Crippen molar-refractivity contribution >= 4 is 5.91 Å². The quantitative estimate of drug-likeness (QED) is 0.527. The number of carbonyl (C=O) groups excluding carboxylic acids is 1. The van der Waals surface area contributed by atoms with Crippen LogP contribution in [0.1, 0.15) is 6.92 Å². The number of amides is 1. The lowest BCUT2D eigenvalue weighted by Crippen LogP contribution is -2.38. The molecule has 0 saturated carbocycles. The van der Waals surface area contributed by atoms with Crippen LogP contribution in [0.4, 0.5) is 0 Å². The summed E-state index contributed by atoms with van der Waals surface area (Å²) in [4.78, 5) is 15.3. The summed E-state index contributed by atoms with van der Waals surface area (Å²) in [5, 5.41) is 0. The van der Waals surface area contributed by atoms with Gasteiger partial charge in [0.05, 0.1) is 26.4 Å². The molecule has 0 aliphatic rings. The molecule has 1 amide bonds. The number of hydrogen-bond donors (Lipinski definition) is 0. The topological polar surface area (TPSA) is 42.0 Å². The van der Waals surface area contributed by atoms with E-state index in [-0.39, 0.29) is 5.91 Å². The van der Waals surface area contributed by atoms with Crippen molar-refractivity contribution in [2.24, 2.45) is 0 Å². The Balaban J connectivity index is 3.55. The van der Waals surface area contributed by atoms with Gasteiger partial charge in [0, 0.05) is 20.7 Å². The summed E-state index contributed by atoms with van der Waals surface area (Å²) in [7, 11) is 5.37. The van der Waals surface area contributed by atoms with Gasteiger partial charge in [0.15, 0.2) is 0 Å². The van der Waals surface area contributed by atoms with Crippen molar-refractivity contribution in [1.82, 2.24) is 9.80 Å². The van der Waals surface area contributed by atoms with Crippen LogP contribution in [0.2, 0.25) is 0 Å². The molecule has 0 unspecified atom stereocenters. The van der Waals surface area contributed by atoms with E-state index in [4.69, 9.17) is 9.47 Å². The number of carbonyl (C=O) groups is 1. The van der Waals surface area contributed by atoms with Crippen LogP contribution >= 0.6 is 0 Å². The Bertz CT molecular complexity index is 188. The highest BCUT2D eigenvalue weighted by molar-refractivity contribution is 5.77. The number of rotatable bonds is 9. The third-order valence-electron chi connectivity index (χ3n) is 2.37. The Hall–Kier alpha value is -0.650. The summed E-state index contributed by atoms with van der Waals surface area (Å²) in [6.07, 6.45) is 0. The predicted octanol–water partition coefficient (Wildman–Crippen LogP) is 0.0595. The van der Waals surface area contributed by atoms with E-state index in [1.54, 1.807) is 19.1 Å². The summed E-state index contributed by atoms with van der Waals surface area (Å²) < 4.78 is 10.1. The molecular formula is C11H24N2O3. The number of likely N-dealkylation sites (N-methyl/N-ethyl adjacent to an activating group) is 2. The molecule has 0 aromatic carbocycles. The van der Waals surface area contributed by atoms with Gasteiger partial charge in [-0.1, -0.05) is 6.92 Å². The maximum absolute atomic E-state index is 11.6. The van der Waals surface area contributed by atoms with E-state index in [1.165, 1.54) is 0 Å². The Kier molecular flexibility index (Phi) is 9.18. The Morgan fingerprint density at radius 1 is 1.19 bits per heavy atom. The fourth-order valence-corrected chi connectivity index (χ4v) is 1.03. The van der Waals surface area contributed by atoms with Crippen molar-refractivity contribution in [3.05, 3.63) is 0 Å². The zero-order chi connectivity index (χ0) is 12.4. The third kappa shape index (κ3) is 7.62. The Morgan fingerprint density at radius 2 is 1.88 bits per heavy atom. The second-order valence-electron chi connectivity index (χ2n) is 3.75. The van der Waals surface area contributed by atoms with E-state index in [2.05, 4.69) is 0 Å². The van der Waals surface area contributed by atoms with Crippen molar-refractivity contribution in [3.63, 3.8) is 0 Å². The molecule has 0 aromatic heterocycles. The minimum atomic E-state index is 0.125. The van der Waals surface area contributed by atoms with Crippen LogP contribution in [0.5, 0.6) is 0 Å². The first-order valence-corrected chi connectivity index (χ1v) is 5.61. The van der Waals surface area contributed by atoms with Crippen LogP contribution in [0, 0.1) is 0 Å². The van der Waals surface area contributed by atoms with Gasteiger partial charge in [0.2, 0.25) is 5.91 Å². The maximum Gasteiger partial charge on any atom is 0.236 e. The minimum absolute atomic E-state index is 0.125. The van der Waals surface area contributed by atoms with Crippen molar-refractivity contribution in [2.75, 3.05) is 60.7 Å². The largest absolute Gasteiger partial charge is 0.382 e. The van der Waals surface area contributed by atoms with E-state index in [9.17, 15) is 4.79 Å². The standard InChI is InChI=1S/C11H24N2O3/c1-5-12(2)10-11(14)13(3)6-7-16-9-8-15-4/h5-10H2,1-4H3. The first-order chi connectivity index (χ1) is 7.61. The smallest absolute Gasteiger partial charge is 0.236 e. The monoisotopic (exact) mass is 232 g/mol. The van der Waals surface area contributed by atoms with E-state index in [0.717, 1.165) is 6.54 Å². The first-order valence-electron chi connectivity index (χ1n) is 5.61. The highest BCUT2D eigenvalue weighted by atomic mass is 16.5. The van der Waals surface area contributed by atoms with Crippen LogP contribution in [-0.2, 0) is 14.3 Å². The van der Waals surface area contributed by atoms with Gasteiger partial charge in [-0.15, -0.1) is 0 Å². The third-order valence-corrected chi connectivity index (χ3v) is 2.37. The van der Waals surface area contributed by atoms with Gasteiger partial charge in [-0.2, -0.15) is 0 Å². The SMILES string of the molecule is CCN(C)CC(=O)N(C)CCOCCOC. The lowest BCUT2D eigenvalue weighted by atomic mass is 10.4. The predicted molar refractivity (Wildman–Crippen MR) is 63.5 cm³/mol. The van der Waals surface area contributed by atoms with Crippen LogP contribution in [-0.4, -0.2) is 76.4 Å². The lowest BCUT2D eigenvalue weighted by molar-refractivity contribution is -0.131. The second-order valence-corrected chi connectivity index (χ2v) is 3.75. The highest BCUT2D eigenvalue weighted by Crippen LogP contribution is 1.89. The van der Waals surface area contributed by atoms with Crippen molar-refractivity contribution < 1.29 is 14.3 Å². The van der Waals surface area contributed by atoms with Gasteiger partial charge in [-0.25, -0.2) is 0 Å². The molecule has 5 heteroatoms. The van der Waals surface area contributed by atoms with E-state index in [0.29, 0.717) is 32.9 Å². The fourth-order valence-electron chi connectivity index (χ4n) is 1.03. The van der Waals surface area contributed by atoms with Gasteiger partial charge < -0.3 is 14.4 Å². The molecule has 0 spiro atoms. The van der Waals surface area contributed by atoms with E-state index in [1.807, 2.05) is 18.9 Å². The molecule has 0 heterocycles. The van der Waals surface area contributed by atoms with Crippen LogP contribution in [0.3, 0.4) is 0 Å². The Morgan fingerprint density at radius 3 is 2.44 bits per heavy atom. The zero-order valence-electron chi connectivity index (χ0n) is 10.9. The molecule has 5 nitrogen and oxygen atoms in total. The molecule has 0 fully saturated rings. The number of ether oxygens (including phenoxy) is 2. The van der Waals surface area contributed by atoms with Crippen LogP contribution in [0.25, 0.3) is 0 Å². The number of methoxy groups -OCH3 is 1. The summed E-state index contributed by atoms with van der Waals surface area (Å²) in [5.41, 5.74) is 0. The van der Waals surface area contributed by atoms with Crippen LogP contribution in [0.15, 0.2) is 0 Å². The average molecular weight is 232 g/mol. The molecule has 0 saturated heterocycles. The normalized spacial score (nSPS) is 10.8. The van der Waals surface area contributed by atoms with Gasteiger partial charge in [0.1, 0.15) is 0 Å².